The van der Waals surface area contributed by atoms with Crippen molar-refractivity contribution >= 4 is 23.3 Å². The molecule has 134 valence electrons. The van der Waals surface area contributed by atoms with E-state index in [-0.39, 0.29) is 18.2 Å². The number of aromatic nitrogens is 2. The van der Waals surface area contributed by atoms with Crippen LogP contribution in [0.5, 0.6) is 0 Å². The maximum absolute atomic E-state index is 13.0. The molecule has 6 heteroatoms. The predicted octanol–water partition coefficient (Wildman–Crippen LogP) is 3.07. The van der Waals surface area contributed by atoms with E-state index in [4.69, 9.17) is 0 Å². The minimum Gasteiger partial charge on any atom is -0.325 e. The Balaban J connectivity index is 1.77. The lowest BCUT2D eigenvalue weighted by Crippen LogP contribution is -2.43. The van der Waals surface area contributed by atoms with Crippen LogP contribution in [-0.2, 0) is 15.0 Å². The number of rotatable bonds is 1. The highest BCUT2D eigenvalue weighted by Crippen LogP contribution is 2.49. The van der Waals surface area contributed by atoms with Crippen LogP contribution in [0.25, 0.3) is 5.69 Å². The fourth-order valence-electron chi connectivity index (χ4n) is 4.32. The fourth-order valence-corrected chi connectivity index (χ4v) is 4.32. The summed E-state index contributed by atoms with van der Waals surface area (Å²) in [5, 5.41) is 10.4. The van der Waals surface area contributed by atoms with Crippen molar-refractivity contribution in [2.45, 2.75) is 25.7 Å². The van der Waals surface area contributed by atoms with E-state index in [1.54, 1.807) is 10.9 Å². The summed E-state index contributed by atoms with van der Waals surface area (Å²) in [6, 6.07) is 13.6. The smallest absolute Gasteiger partial charge is 0.240 e. The molecule has 1 aromatic heterocycles. The third-order valence-electron chi connectivity index (χ3n) is 5.39. The quantitative estimate of drug-likeness (QED) is 0.702. The molecule has 27 heavy (non-hydrogen) atoms. The molecule has 0 saturated carbocycles. The number of carbonyl (C=O) groups excluding carboxylic acids is 2. The normalized spacial score (nSPS) is 20.2. The number of hydrogen-bond acceptors (Lipinski definition) is 3. The molecule has 2 N–H and O–H groups in total. The van der Waals surface area contributed by atoms with Crippen LogP contribution in [-0.4, -0.2) is 21.6 Å². The molecule has 0 radical (unpaired) electrons. The van der Waals surface area contributed by atoms with E-state index in [1.807, 2.05) is 50.2 Å². The first-order valence-electron chi connectivity index (χ1n) is 8.87. The van der Waals surface area contributed by atoms with Crippen molar-refractivity contribution in [3.8, 4) is 5.69 Å². The standard InChI is InChI=1S/C21H18N4O2/c1-12-7-13(2)9-14(8-12)25-19-16(11-22-25)21(10-18(26)24-19)15-5-3-4-6-17(15)23-20(21)27/h3-9,11H,10H2,1-2H3,(H,23,27)(H,24,26)/t21-/m1/s1. The summed E-state index contributed by atoms with van der Waals surface area (Å²) in [4.78, 5) is 25.7. The van der Waals surface area contributed by atoms with Gasteiger partial charge < -0.3 is 10.6 Å². The first-order valence-corrected chi connectivity index (χ1v) is 8.87. The van der Waals surface area contributed by atoms with Gasteiger partial charge in [0.05, 0.1) is 11.9 Å². The van der Waals surface area contributed by atoms with Crippen molar-refractivity contribution in [2.24, 2.45) is 0 Å². The second kappa shape index (κ2) is 5.30. The number of anilines is 2. The van der Waals surface area contributed by atoms with Crippen LogP contribution < -0.4 is 10.6 Å². The van der Waals surface area contributed by atoms with Gasteiger partial charge in [-0.2, -0.15) is 5.10 Å². The number of fused-ring (bicyclic) bond motifs is 4. The van der Waals surface area contributed by atoms with E-state index in [9.17, 15) is 9.59 Å². The minimum absolute atomic E-state index is 0.0708. The number of amides is 2. The third-order valence-corrected chi connectivity index (χ3v) is 5.39. The van der Waals surface area contributed by atoms with E-state index < -0.39 is 5.41 Å². The summed E-state index contributed by atoms with van der Waals surface area (Å²) in [5.74, 6) is 0.184. The summed E-state index contributed by atoms with van der Waals surface area (Å²) in [6.07, 6.45) is 1.77. The molecule has 3 heterocycles. The summed E-state index contributed by atoms with van der Waals surface area (Å²) >= 11 is 0. The maximum Gasteiger partial charge on any atom is 0.240 e. The first kappa shape index (κ1) is 15.8. The fraction of sp³-hybridized carbons (Fsp3) is 0.190. The monoisotopic (exact) mass is 358 g/mol. The van der Waals surface area contributed by atoms with Crippen molar-refractivity contribution in [2.75, 3.05) is 10.6 Å². The molecule has 1 spiro atoms. The predicted molar refractivity (Wildman–Crippen MR) is 102 cm³/mol. The van der Waals surface area contributed by atoms with Crippen LogP contribution in [0.1, 0.15) is 28.7 Å². The average molecular weight is 358 g/mol. The molecule has 1 atom stereocenters. The molecular formula is C21H18N4O2. The summed E-state index contributed by atoms with van der Waals surface area (Å²) in [6.45, 7) is 4.04. The Morgan fingerprint density at radius 2 is 1.74 bits per heavy atom. The lowest BCUT2D eigenvalue weighted by molar-refractivity contribution is -0.125. The molecule has 5 rings (SSSR count). The number of nitrogens with zero attached hydrogens (tertiary/aromatic N) is 2. The molecule has 2 amide bonds. The van der Waals surface area contributed by atoms with Gasteiger partial charge in [0.15, 0.2) is 0 Å². The molecule has 0 bridgehead atoms. The van der Waals surface area contributed by atoms with Gasteiger partial charge in [-0.1, -0.05) is 24.3 Å². The highest BCUT2D eigenvalue weighted by atomic mass is 16.2. The molecular weight excluding hydrogens is 340 g/mol. The van der Waals surface area contributed by atoms with Gasteiger partial charge in [-0.15, -0.1) is 0 Å². The van der Waals surface area contributed by atoms with Crippen LogP contribution in [0.4, 0.5) is 11.5 Å². The van der Waals surface area contributed by atoms with Gasteiger partial charge >= 0.3 is 0 Å². The van der Waals surface area contributed by atoms with Gasteiger partial charge in [-0.25, -0.2) is 4.68 Å². The van der Waals surface area contributed by atoms with Gasteiger partial charge in [0.2, 0.25) is 11.8 Å². The maximum atomic E-state index is 13.0. The van der Waals surface area contributed by atoms with Gasteiger partial charge in [0, 0.05) is 17.7 Å². The topological polar surface area (TPSA) is 76.0 Å². The summed E-state index contributed by atoms with van der Waals surface area (Å²) in [7, 11) is 0. The van der Waals surface area contributed by atoms with Crippen LogP contribution in [0.2, 0.25) is 0 Å². The van der Waals surface area contributed by atoms with Crippen LogP contribution in [0.3, 0.4) is 0 Å². The van der Waals surface area contributed by atoms with E-state index in [1.165, 1.54) is 0 Å². The highest BCUT2D eigenvalue weighted by Gasteiger charge is 2.54. The lowest BCUT2D eigenvalue weighted by atomic mass is 9.72. The van der Waals surface area contributed by atoms with Crippen molar-refractivity contribution in [1.82, 2.24) is 9.78 Å². The molecule has 2 aliphatic rings. The second-order valence-electron chi connectivity index (χ2n) is 7.29. The number of hydrogen-bond donors (Lipinski definition) is 2. The SMILES string of the molecule is Cc1cc(C)cc(-n2ncc3c2NC(=O)C[C@]32C(=O)Nc3ccccc32)c1. The van der Waals surface area contributed by atoms with Crippen molar-refractivity contribution in [1.29, 1.82) is 0 Å². The largest absolute Gasteiger partial charge is 0.325 e. The Kier molecular flexibility index (Phi) is 3.10. The third kappa shape index (κ3) is 2.10. The average Bonchev–Trinajstić information content (AvgIpc) is 3.15. The Morgan fingerprint density at radius 3 is 2.52 bits per heavy atom. The molecule has 0 aliphatic carbocycles. The number of nitrogens with one attached hydrogen (secondary N) is 2. The number of aryl methyl sites for hydroxylation is 2. The second-order valence-corrected chi connectivity index (χ2v) is 7.29. The van der Waals surface area contributed by atoms with Crippen molar-refractivity contribution < 1.29 is 9.59 Å². The van der Waals surface area contributed by atoms with Crippen molar-refractivity contribution in [3.63, 3.8) is 0 Å². The molecule has 0 saturated heterocycles. The van der Waals surface area contributed by atoms with Crippen LogP contribution in [0.15, 0.2) is 48.7 Å². The molecule has 0 fully saturated rings. The zero-order valence-corrected chi connectivity index (χ0v) is 15.0. The van der Waals surface area contributed by atoms with Crippen LogP contribution >= 0.6 is 0 Å². The minimum atomic E-state index is -1.04. The molecule has 2 aliphatic heterocycles. The van der Waals surface area contributed by atoms with Gasteiger partial charge in [0.1, 0.15) is 11.2 Å². The van der Waals surface area contributed by atoms with Gasteiger partial charge in [-0.3, -0.25) is 9.59 Å². The zero-order chi connectivity index (χ0) is 18.8. The summed E-state index contributed by atoms with van der Waals surface area (Å²) < 4.78 is 1.71. The number of para-hydroxylation sites is 1. The van der Waals surface area contributed by atoms with Crippen molar-refractivity contribution in [3.05, 3.63) is 70.9 Å². The first-order chi connectivity index (χ1) is 13.0. The lowest BCUT2D eigenvalue weighted by Gasteiger charge is -2.31. The van der Waals surface area contributed by atoms with Crippen LogP contribution in [0, 0.1) is 13.8 Å². The molecule has 0 unspecified atom stereocenters. The summed E-state index contributed by atoms with van der Waals surface area (Å²) in [5.41, 5.74) is 4.34. The van der Waals surface area contributed by atoms with Gasteiger partial charge in [-0.05, 0) is 48.7 Å². The Bertz CT molecular complexity index is 1110. The Labute approximate surface area is 156 Å². The number of carbonyl (C=O) groups is 2. The van der Waals surface area contributed by atoms with Gasteiger partial charge in [0.25, 0.3) is 0 Å². The Morgan fingerprint density at radius 1 is 1.00 bits per heavy atom. The van der Waals surface area contributed by atoms with E-state index >= 15 is 0 Å². The van der Waals surface area contributed by atoms with E-state index in [2.05, 4.69) is 21.8 Å². The number of benzene rings is 2. The van der Waals surface area contributed by atoms with E-state index in [0.29, 0.717) is 5.82 Å². The molecule has 3 aromatic rings. The Hall–Kier alpha value is -3.41. The zero-order valence-electron chi connectivity index (χ0n) is 15.0. The highest BCUT2D eigenvalue weighted by molar-refractivity contribution is 6.14. The van der Waals surface area contributed by atoms with E-state index in [0.717, 1.165) is 33.6 Å². The molecule has 6 nitrogen and oxygen atoms in total. The molecule has 2 aromatic carbocycles.